The smallest absolute Gasteiger partial charge is 0.265 e. The van der Waals surface area contributed by atoms with Gasteiger partial charge in [0.2, 0.25) is 0 Å². The highest BCUT2D eigenvalue weighted by atomic mass is 79.9. The highest BCUT2D eigenvalue weighted by molar-refractivity contribution is 9.13. The van der Waals surface area contributed by atoms with Crippen LogP contribution in [0.25, 0.3) is 0 Å². The number of halogens is 4. The van der Waals surface area contributed by atoms with Crippen LogP contribution in [-0.2, 0) is 6.54 Å². The minimum Gasteiger partial charge on any atom is -0.325 e. The van der Waals surface area contributed by atoms with E-state index in [1.807, 2.05) is 0 Å². The van der Waals surface area contributed by atoms with Crippen LogP contribution >= 0.6 is 31.9 Å². The van der Waals surface area contributed by atoms with Gasteiger partial charge in [0.15, 0.2) is 0 Å². The van der Waals surface area contributed by atoms with Crippen LogP contribution in [0.15, 0.2) is 15.1 Å². The van der Waals surface area contributed by atoms with Gasteiger partial charge in [0.1, 0.15) is 4.60 Å². The fraction of sp³-hybridized carbons (Fsp3) is 0.286. The number of alkyl halides is 2. The van der Waals surface area contributed by atoms with Crippen LogP contribution in [0.5, 0.6) is 0 Å². The maximum atomic E-state index is 12.4. The normalized spacial score (nSPS) is 10.9. The third kappa shape index (κ3) is 2.45. The van der Waals surface area contributed by atoms with E-state index in [9.17, 15) is 8.78 Å². The van der Waals surface area contributed by atoms with Gasteiger partial charge < -0.3 is 5.73 Å². The first-order chi connectivity index (χ1) is 6.06. The van der Waals surface area contributed by atoms with Gasteiger partial charge in [-0.2, -0.15) is 0 Å². The molecule has 0 radical (unpaired) electrons. The second kappa shape index (κ2) is 4.43. The maximum Gasteiger partial charge on any atom is 0.265 e. The lowest BCUT2D eigenvalue weighted by atomic mass is 10.2. The lowest BCUT2D eigenvalue weighted by Gasteiger charge is -2.06. The number of nitrogens with zero attached hydrogens (tertiary/aromatic N) is 1. The van der Waals surface area contributed by atoms with E-state index in [0.29, 0.717) is 10.3 Å². The van der Waals surface area contributed by atoms with Crippen LogP contribution in [0.2, 0.25) is 0 Å². The van der Waals surface area contributed by atoms with Crippen LogP contribution in [-0.4, -0.2) is 4.98 Å². The molecule has 1 heterocycles. The first kappa shape index (κ1) is 11.0. The quantitative estimate of drug-likeness (QED) is 0.852. The largest absolute Gasteiger partial charge is 0.325 e. The van der Waals surface area contributed by atoms with Crippen molar-refractivity contribution < 1.29 is 8.78 Å². The average Bonchev–Trinajstić information content (AvgIpc) is 2.09. The highest BCUT2D eigenvalue weighted by Gasteiger charge is 2.15. The predicted molar refractivity (Wildman–Crippen MR) is 52.5 cm³/mol. The molecule has 13 heavy (non-hydrogen) atoms. The van der Waals surface area contributed by atoms with E-state index in [-0.39, 0.29) is 16.6 Å². The minimum absolute atomic E-state index is 0.0951. The van der Waals surface area contributed by atoms with Gasteiger partial charge in [-0.15, -0.1) is 0 Å². The zero-order valence-corrected chi connectivity index (χ0v) is 9.57. The van der Waals surface area contributed by atoms with Gasteiger partial charge in [-0.1, -0.05) is 0 Å². The van der Waals surface area contributed by atoms with Crippen molar-refractivity contribution in [3.8, 4) is 0 Å². The summed E-state index contributed by atoms with van der Waals surface area (Å²) in [5.74, 6) is 0. The third-order valence-electron chi connectivity index (χ3n) is 1.44. The molecule has 0 aromatic carbocycles. The molecule has 0 amide bonds. The molecule has 0 aliphatic heterocycles. The Labute approximate surface area is 90.8 Å². The molecule has 1 aromatic rings. The molecule has 72 valence electrons. The van der Waals surface area contributed by atoms with Crippen LogP contribution < -0.4 is 5.73 Å². The summed E-state index contributed by atoms with van der Waals surface area (Å²) in [6.45, 7) is 0.144. The number of aromatic nitrogens is 1. The van der Waals surface area contributed by atoms with Crippen molar-refractivity contribution in [3.05, 3.63) is 26.4 Å². The van der Waals surface area contributed by atoms with Crippen LogP contribution in [0.3, 0.4) is 0 Å². The number of pyridine rings is 1. The topological polar surface area (TPSA) is 38.9 Å². The molecule has 0 aliphatic carbocycles. The molecule has 6 heteroatoms. The predicted octanol–water partition coefficient (Wildman–Crippen LogP) is 3.00. The Morgan fingerprint density at radius 1 is 1.46 bits per heavy atom. The van der Waals surface area contributed by atoms with Crippen LogP contribution in [0.4, 0.5) is 8.78 Å². The molecule has 0 spiro atoms. The zero-order chi connectivity index (χ0) is 10.0. The van der Waals surface area contributed by atoms with Gasteiger partial charge >= 0.3 is 0 Å². The molecule has 0 saturated carbocycles. The SMILES string of the molecule is NCc1cc(C(F)F)c(Br)c(Br)n1. The summed E-state index contributed by atoms with van der Waals surface area (Å²) < 4.78 is 25.4. The van der Waals surface area contributed by atoms with E-state index < -0.39 is 6.43 Å². The summed E-state index contributed by atoms with van der Waals surface area (Å²) in [5.41, 5.74) is 5.63. The second-order valence-corrected chi connectivity index (χ2v) is 3.86. The molecule has 0 unspecified atom stereocenters. The molecular formula is C7H6Br2F2N2. The van der Waals surface area contributed by atoms with E-state index >= 15 is 0 Å². The first-order valence-corrected chi connectivity index (χ1v) is 4.98. The van der Waals surface area contributed by atoms with Crippen molar-refractivity contribution in [1.29, 1.82) is 0 Å². The fourth-order valence-corrected chi connectivity index (χ4v) is 1.67. The van der Waals surface area contributed by atoms with Gasteiger partial charge in [-0.05, 0) is 37.9 Å². The van der Waals surface area contributed by atoms with Crippen LogP contribution in [0.1, 0.15) is 17.7 Å². The number of rotatable bonds is 2. The molecule has 1 aromatic heterocycles. The Hall–Kier alpha value is -0.0700. The van der Waals surface area contributed by atoms with Gasteiger partial charge in [0.25, 0.3) is 6.43 Å². The summed E-state index contributed by atoms with van der Waals surface area (Å²) in [7, 11) is 0. The lowest BCUT2D eigenvalue weighted by Crippen LogP contribution is -2.02. The Morgan fingerprint density at radius 2 is 2.08 bits per heavy atom. The van der Waals surface area contributed by atoms with E-state index in [2.05, 4.69) is 36.8 Å². The average molecular weight is 316 g/mol. The molecular weight excluding hydrogens is 310 g/mol. The molecule has 1 rings (SSSR count). The molecule has 0 fully saturated rings. The second-order valence-electron chi connectivity index (χ2n) is 2.31. The number of hydrogen-bond acceptors (Lipinski definition) is 2. The van der Waals surface area contributed by atoms with Crippen molar-refractivity contribution >= 4 is 31.9 Å². The number of nitrogens with two attached hydrogens (primary N) is 1. The van der Waals surface area contributed by atoms with Crippen LogP contribution in [0, 0.1) is 0 Å². The summed E-state index contributed by atoms with van der Waals surface area (Å²) in [4.78, 5) is 3.95. The van der Waals surface area contributed by atoms with E-state index in [4.69, 9.17) is 5.73 Å². The van der Waals surface area contributed by atoms with Gasteiger partial charge in [-0.3, -0.25) is 0 Å². The maximum absolute atomic E-state index is 12.4. The van der Waals surface area contributed by atoms with Crippen molar-refractivity contribution in [3.63, 3.8) is 0 Å². The summed E-state index contributed by atoms with van der Waals surface area (Å²) >= 11 is 6.07. The van der Waals surface area contributed by atoms with Gasteiger partial charge in [-0.25, -0.2) is 13.8 Å². The Bertz CT molecular complexity index is 318. The monoisotopic (exact) mass is 314 g/mol. The minimum atomic E-state index is -2.53. The highest BCUT2D eigenvalue weighted by Crippen LogP contribution is 2.32. The number of hydrogen-bond donors (Lipinski definition) is 1. The Balaban J connectivity index is 3.25. The first-order valence-electron chi connectivity index (χ1n) is 3.39. The van der Waals surface area contributed by atoms with Crippen molar-refractivity contribution in [2.45, 2.75) is 13.0 Å². The summed E-state index contributed by atoms with van der Waals surface area (Å²) in [6.07, 6.45) is -2.53. The molecule has 0 atom stereocenters. The molecule has 0 saturated heterocycles. The molecule has 2 N–H and O–H groups in total. The fourth-order valence-electron chi connectivity index (χ4n) is 0.833. The molecule has 0 aliphatic rings. The zero-order valence-electron chi connectivity index (χ0n) is 6.40. The van der Waals surface area contributed by atoms with E-state index in [1.165, 1.54) is 6.07 Å². The van der Waals surface area contributed by atoms with Crippen molar-refractivity contribution in [1.82, 2.24) is 4.98 Å². The Morgan fingerprint density at radius 3 is 2.54 bits per heavy atom. The van der Waals surface area contributed by atoms with E-state index in [0.717, 1.165) is 0 Å². The molecule has 0 bridgehead atoms. The third-order valence-corrected chi connectivity index (χ3v) is 3.38. The van der Waals surface area contributed by atoms with Crippen molar-refractivity contribution in [2.75, 3.05) is 0 Å². The lowest BCUT2D eigenvalue weighted by molar-refractivity contribution is 0.150. The van der Waals surface area contributed by atoms with Gasteiger partial charge in [0, 0.05) is 12.1 Å². The molecule has 2 nitrogen and oxygen atoms in total. The van der Waals surface area contributed by atoms with Gasteiger partial charge in [0.05, 0.1) is 10.2 Å². The summed E-state index contributed by atoms with van der Waals surface area (Å²) in [6, 6.07) is 1.29. The summed E-state index contributed by atoms with van der Waals surface area (Å²) in [5, 5.41) is 0. The Kier molecular flexibility index (Phi) is 3.75. The standard InChI is InChI=1S/C7H6Br2F2N2/c8-5-4(7(10)11)1-3(2-12)13-6(5)9/h1,7H,2,12H2. The van der Waals surface area contributed by atoms with E-state index in [1.54, 1.807) is 0 Å². The van der Waals surface area contributed by atoms with Crippen molar-refractivity contribution in [2.24, 2.45) is 5.73 Å².